The van der Waals surface area contributed by atoms with Crippen molar-refractivity contribution in [3.05, 3.63) is 29.8 Å². The van der Waals surface area contributed by atoms with Crippen molar-refractivity contribution < 1.29 is 9.59 Å². The van der Waals surface area contributed by atoms with Crippen LogP contribution in [0.3, 0.4) is 0 Å². The molecule has 1 fully saturated rings. The fraction of sp³-hybridized carbons (Fsp3) is 0.429. The fourth-order valence-electron chi connectivity index (χ4n) is 2.10. The second-order valence-electron chi connectivity index (χ2n) is 4.60. The lowest BCUT2D eigenvalue weighted by Crippen LogP contribution is -2.40. The monoisotopic (exact) mass is 329 g/mol. The largest absolute Gasteiger partial charge is 0.355 e. The molecule has 0 spiro atoms. The van der Waals surface area contributed by atoms with Gasteiger partial charge in [-0.2, -0.15) is 11.8 Å². The summed E-state index contributed by atoms with van der Waals surface area (Å²) in [6, 6.07) is 7.23. The second-order valence-corrected chi connectivity index (χ2v) is 5.75. The predicted molar refractivity (Wildman–Crippen MR) is 89.4 cm³/mol. The Morgan fingerprint density at radius 2 is 2.14 bits per heavy atom. The molecule has 1 saturated heterocycles. The van der Waals surface area contributed by atoms with Gasteiger partial charge in [-0.15, -0.1) is 12.4 Å². The van der Waals surface area contributed by atoms with Gasteiger partial charge in [-0.3, -0.25) is 9.59 Å². The summed E-state index contributed by atoms with van der Waals surface area (Å²) in [5.74, 6) is 1.77. The standard InChI is InChI=1S/C14H19N3O2S.ClH/c1-15-14(19)11-4-2-3-5-12(11)17-13(18)8-10-9-20-7-6-16-10;/h2-5,10,16H,6-9H2,1H3,(H,15,19)(H,17,18);1H. The van der Waals surface area contributed by atoms with Gasteiger partial charge in [-0.1, -0.05) is 12.1 Å². The molecule has 2 rings (SSSR count). The first kappa shape index (κ1) is 17.8. The van der Waals surface area contributed by atoms with Gasteiger partial charge < -0.3 is 16.0 Å². The van der Waals surface area contributed by atoms with Crippen molar-refractivity contribution >= 4 is 41.7 Å². The molecule has 0 radical (unpaired) electrons. The summed E-state index contributed by atoms with van der Waals surface area (Å²) in [6.07, 6.45) is 0.426. The van der Waals surface area contributed by atoms with Gasteiger partial charge in [-0.25, -0.2) is 0 Å². The molecule has 7 heteroatoms. The Labute approximate surface area is 135 Å². The molecule has 0 saturated carbocycles. The zero-order valence-corrected chi connectivity index (χ0v) is 13.5. The van der Waals surface area contributed by atoms with Gasteiger partial charge in [0.25, 0.3) is 5.91 Å². The lowest BCUT2D eigenvalue weighted by atomic mass is 10.1. The number of amides is 2. The van der Waals surface area contributed by atoms with Crippen molar-refractivity contribution in [2.24, 2.45) is 0 Å². The van der Waals surface area contributed by atoms with Crippen molar-refractivity contribution in [1.29, 1.82) is 0 Å². The minimum absolute atomic E-state index is 0. The maximum Gasteiger partial charge on any atom is 0.253 e. The molecule has 1 atom stereocenters. The number of benzene rings is 1. The minimum atomic E-state index is -0.202. The quantitative estimate of drug-likeness (QED) is 0.783. The molecular weight excluding hydrogens is 310 g/mol. The lowest BCUT2D eigenvalue weighted by Gasteiger charge is -2.22. The highest BCUT2D eigenvalue weighted by Crippen LogP contribution is 2.16. The number of hydrogen-bond acceptors (Lipinski definition) is 4. The summed E-state index contributed by atoms with van der Waals surface area (Å²) in [4.78, 5) is 23.8. The van der Waals surface area contributed by atoms with E-state index in [1.54, 1.807) is 31.3 Å². The van der Waals surface area contributed by atoms with Gasteiger partial charge in [0, 0.05) is 37.6 Å². The van der Waals surface area contributed by atoms with Crippen LogP contribution >= 0.6 is 24.2 Å². The first-order chi connectivity index (χ1) is 9.70. The van der Waals surface area contributed by atoms with E-state index in [0.29, 0.717) is 17.7 Å². The molecular formula is C14H20ClN3O2S. The maximum absolute atomic E-state index is 12.1. The summed E-state index contributed by atoms with van der Waals surface area (Å²) in [7, 11) is 1.57. The van der Waals surface area contributed by atoms with Crippen molar-refractivity contribution in [3.63, 3.8) is 0 Å². The molecule has 5 nitrogen and oxygen atoms in total. The normalized spacial score (nSPS) is 17.5. The molecule has 0 aromatic heterocycles. The number of thioether (sulfide) groups is 1. The minimum Gasteiger partial charge on any atom is -0.355 e. The number of carbonyl (C=O) groups excluding carboxylic acids is 2. The van der Waals surface area contributed by atoms with Crippen LogP contribution in [0.15, 0.2) is 24.3 Å². The molecule has 1 aromatic carbocycles. The van der Waals surface area contributed by atoms with E-state index < -0.39 is 0 Å². The molecule has 1 aromatic rings. The zero-order valence-electron chi connectivity index (χ0n) is 11.8. The van der Waals surface area contributed by atoms with Crippen LogP contribution in [0.1, 0.15) is 16.8 Å². The molecule has 21 heavy (non-hydrogen) atoms. The number of anilines is 1. The van der Waals surface area contributed by atoms with Gasteiger partial charge in [0.05, 0.1) is 11.3 Å². The third-order valence-electron chi connectivity index (χ3n) is 3.10. The molecule has 116 valence electrons. The van der Waals surface area contributed by atoms with E-state index in [9.17, 15) is 9.59 Å². The van der Waals surface area contributed by atoms with Crippen molar-refractivity contribution in [2.45, 2.75) is 12.5 Å². The van der Waals surface area contributed by atoms with Crippen molar-refractivity contribution in [2.75, 3.05) is 30.4 Å². The Morgan fingerprint density at radius 1 is 1.38 bits per heavy atom. The third kappa shape index (κ3) is 5.22. The third-order valence-corrected chi connectivity index (χ3v) is 4.23. The van der Waals surface area contributed by atoms with E-state index >= 15 is 0 Å². The van der Waals surface area contributed by atoms with Gasteiger partial charge >= 0.3 is 0 Å². The number of halogens is 1. The average Bonchev–Trinajstić information content (AvgIpc) is 2.48. The summed E-state index contributed by atoms with van der Waals surface area (Å²) in [5.41, 5.74) is 1.04. The van der Waals surface area contributed by atoms with Crippen LogP contribution in [-0.4, -0.2) is 43.0 Å². The number of nitrogens with one attached hydrogen (secondary N) is 3. The molecule has 1 aliphatic rings. The van der Waals surface area contributed by atoms with Gasteiger partial charge in [0.15, 0.2) is 0 Å². The van der Waals surface area contributed by atoms with Crippen LogP contribution in [0.25, 0.3) is 0 Å². The summed E-state index contributed by atoms with van der Waals surface area (Å²) in [5, 5.41) is 8.72. The maximum atomic E-state index is 12.1. The molecule has 3 N–H and O–H groups in total. The summed E-state index contributed by atoms with van der Waals surface area (Å²) in [6.45, 7) is 0.942. The number of rotatable bonds is 4. The molecule has 0 aliphatic carbocycles. The Kier molecular flexibility index (Phi) is 7.56. The van der Waals surface area contributed by atoms with E-state index in [4.69, 9.17) is 0 Å². The Hall–Kier alpha value is -1.24. The lowest BCUT2D eigenvalue weighted by molar-refractivity contribution is -0.116. The molecule has 2 amide bonds. The summed E-state index contributed by atoms with van der Waals surface area (Å²) >= 11 is 1.86. The Balaban J connectivity index is 0.00000220. The number of carbonyl (C=O) groups is 2. The van der Waals surface area contributed by atoms with E-state index in [-0.39, 0.29) is 30.3 Å². The van der Waals surface area contributed by atoms with Crippen LogP contribution in [0.4, 0.5) is 5.69 Å². The zero-order chi connectivity index (χ0) is 14.4. The summed E-state index contributed by atoms with van der Waals surface area (Å²) < 4.78 is 0. The Morgan fingerprint density at radius 3 is 2.81 bits per heavy atom. The highest BCUT2D eigenvalue weighted by Gasteiger charge is 2.18. The van der Waals surface area contributed by atoms with Gasteiger partial charge in [0.1, 0.15) is 0 Å². The van der Waals surface area contributed by atoms with E-state index in [2.05, 4.69) is 16.0 Å². The van der Waals surface area contributed by atoms with Crippen LogP contribution < -0.4 is 16.0 Å². The second kappa shape index (κ2) is 8.92. The van der Waals surface area contributed by atoms with E-state index in [1.807, 2.05) is 11.8 Å². The molecule has 0 bridgehead atoms. The van der Waals surface area contributed by atoms with Gasteiger partial charge in [0.2, 0.25) is 5.91 Å². The SMILES string of the molecule is CNC(=O)c1ccccc1NC(=O)CC1CSCCN1.Cl. The molecule has 1 aliphatic heterocycles. The van der Waals surface area contributed by atoms with Gasteiger partial charge in [-0.05, 0) is 12.1 Å². The van der Waals surface area contributed by atoms with Crippen molar-refractivity contribution in [3.8, 4) is 0 Å². The van der Waals surface area contributed by atoms with Crippen LogP contribution in [0.5, 0.6) is 0 Å². The van der Waals surface area contributed by atoms with E-state index in [0.717, 1.165) is 18.1 Å². The van der Waals surface area contributed by atoms with Crippen LogP contribution in [-0.2, 0) is 4.79 Å². The highest BCUT2D eigenvalue weighted by molar-refractivity contribution is 7.99. The van der Waals surface area contributed by atoms with Crippen LogP contribution in [0.2, 0.25) is 0 Å². The first-order valence-electron chi connectivity index (χ1n) is 6.63. The average molecular weight is 330 g/mol. The van der Waals surface area contributed by atoms with Crippen molar-refractivity contribution in [1.82, 2.24) is 10.6 Å². The molecule has 1 unspecified atom stereocenters. The number of hydrogen-bond donors (Lipinski definition) is 3. The topological polar surface area (TPSA) is 70.2 Å². The fourth-order valence-corrected chi connectivity index (χ4v) is 3.05. The first-order valence-corrected chi connectivity index (χ1v) is 7.78. The highest BCUT2D eigenvalue weighted by atomic mass is 35.5. The van der Waals surface area contributed by atoms with E-state index in [1.165, 1.54) is 0 Å². The molecule has 1 heterocycles. The number of para-hydroxylation sites is 1. The van der Waals surface area contributed by atoms with Crippen LogP contribution in [0, 0.1) is 0 Å². The predicted octanol–water partition coefficient (Wildman–Crippen LogP) is 1.50. The Bertz CT molecular complexity index is 493. The smallest absolute Gasteiger partial charge is 0.253 e.